The predicted molar refractivity (Wildman–Crippen MR) is 59.2 cm³/mol. The van der Waals surface area contributed by atoms with E-state index in [1.54, 1.807) is 6.92 Å². The Bertz CT molecular complexity index is 477. The van der Waals surface area contributed by atoms with Crippen molar-refractivity contribution in [3.8, 4) is 5.75 Å². The molecule has 0 radical (unpaired) electrons. The summed E-state index contributed by atoms with van der Waals surface area (Å²) in [5, 5.41) is 0. The van der Waals surface area contributed by atoms with Crippen molar-refractivity contribution in [2.45, 2.75) is 19.8 Å². The van der Waals surface area contributed by atoms with Crippen molar-refractivity contribution in [3.05, 3.63) is 17.5 Å². The number of anilines is 1. The molecule has 4 N–H and O–H groups in total. The molecular weight excluding hydrogens is 267 g/mol. The van der Waals surface area contributed by atoms with Gasteiger partial charge in [-0.25, -0.2) is 9.78 Å². The summed E-state index contributed by atoms with van der Waals surface area (Å²) in [5.74, 6) is -1.62. The van der Waals surface area contributed by atoms with E-state index in [2.05, 4.69) is 14.5 Å². The lowest BCUT2D eigenvalue weighted by Gasteiger charge is -2.14. The van der Waals surface area contributed by atoms with E-state index in [0.29, 0.717) is 0 Å². The number of nitrogen functional groups attached to an aromatic ring is 1. The predicted octanol–water partition coefficient (Wildman–Crippen LogP) is 1.20. The highest BCUT2D eigenvalue weighted by molar-refractivity contribution is 5.88. The lowest BCUT2D eigenvalue weighted by Crippen LogP contribution is -2.20. The summed E-state index contributed by atoms with van der Waals surface area (Å²) in [6.07, 6.45) is -4.94. The van der Waals surface area contributed by atoms with Crippen LogP contribution in [0.15, 0.2) is 6.07 Å². The van der Waals surface area contributed by atoms with Gasteiger partial charge < -0.3 is 20.9 Å². The third-order valence-electron chi connectivity index (χ3n) is 2.00. The van der Waals surface area contributed by atoms with Gasteiger partial charge in [0.15, 0.2) is 11.4 Å². The van der Waals surface area contributed by atoms with Gasteiger partial charge in [0.2, 0.25) is 0 Å². The summed E-state index contributed by atoms with van der Waals surface area (Å²) in [4.78, 5) is 15.2. The molecule has 0 aliphatic rings. The lowest BCUT2D eigenvalue weighted by atomic mass is 10.2. The first-order valence-corrected chi connectivity index (χ1v) is 5.20. The number of hydrogen-bond donors (Lipinski definition) is 2. The van der Waals surface area contributed by atoms with E-state index >= 15 is 0 Å². The number of rotatable bonds is 4. The summed E-state index contributed by atoms with van der Waals surface area (Å²) in [5.41, 5.74) is 9.92. The van der Waals surface area contributed by atoms with Crippen molar-refractivity contribution in [1.82, 2.24) is 4.98 Å². The number of carbonyl (C=O) groups is 1. The Balaban J connectivity index is 3.22. The van der Waals surface area contributed by atoms with Crippen molar-refractivity contribution >= 4 is 11.7 Å². The molecule has 0 atom stereocenters. The molecule has 6 nitrogen and oxygen atoms in total. The Hall–Kier alpha value is -2.03. The zero-order valence-electron chi connectivity index (χ0n) is 9.95. The minimum atomic E-state index is -4.94. The van der Waals surface area contributed by atoms with E-state index in [1.165, 1.54) is 0 Å². The summed E-state index contributed by atoms with van der Waals surface area (Å²) in [6.45, 7) is 1.36. The molecule has 1 rings (SSSR count). The van der Waals surface area contributed by atoms with Crippen molar-refractivity contribution < 1.29 is 27.4 Å². The molecule has 19 heavy (non-hydrogen) atoms. The zero-order chi connectivity index (χ0) is 14.6. The van der Waals surface area contributed by atoms with Gasteiger partial charge in [-0.15, -0.1) is 13.2 Å². The average Bonchev–Trinajstić information content (AvgIpc) is 2.30. The first-order valence-electron chi connectivity index (χ1n) is 5.20. The second kappa shape index (κ2) is 5.74. The molecule has 1 aromatic heterocycles. The van der Waals surface area contributed by atoms with Crippen molar-refractivity contribution in [2.75, 3.05) is 12.3 Å². The van der Waals surface area contributed by atoms with Crippen molar-refractivity contribution in [1.29, 1.82) is 0 Å². The van der Waals surface area contributed by atoms with Crippen LogP contribution >= 0.6 is 0 Å². The molecule has 0 fully saturated rings. The number of esters is 1. The van der Waals surface area contributed by atoms with Gasteiger partial charge in [-0.3, -0.25) is 0 Å². The largest absolute Gasteiger partial charge is 0.573 e. The third-order valence-corrected chi connectivity index (χ3v) is 2.00. The Labute approximate surface area is 106 Å². The number of aromatic nitrogens is 1. The van der Waals surface area contributed by atoms with Crippen molar-refractivity contribution in [3.63, 3.8) is 0 Å². The van der Waals surface area contributed by atoms with Gasteiger partial charge in [0, 0.05) is 12.6 Å². The third kappa shape index (κ3) is 3.98. The molecule has 0 aromatic carbocycles. The highest BCUT2D eigenvalue weighted by atomic mass is 19.4. The summed E-state index contributed by atoms with van der Waals surface area (Å²) >= 11 is 0. The highest BCUT2D eigenvalue weighted by Crippen LogP contribution is 2.30. The van der Waals surface area contributed by atoms with Gasteiger partial charge in [0.05, 0.1) is 18.0 Å². The fraction of sp³-hybridized carbons (Fsp3) is 0.400. The minimum Gasteiger partial charge on any atom is -0.461 e. The van der Waals surface area contributed by atoms with E-state index in [-0.39, 0.29) is 30.2 Å². The number of hydrogen-bond acceptors (Lipinski definition) is 6. The fourth-order valence-electron chi connectivity index (χ4n) is 1.26. The fourth-order valence-corrected chi connectivity index (χ4v) is 1.26. The molecule has 1 aromatic rings. The standard InChI is InChI=1S/C10H12F3N3O3/c1-2-18-9(17)5-3-7(19-10(11,12)13)8(15)6(4-14)16-5/h3H,2,4,14-15H2,1H3. The van der Waals surface area contributed by atoms with Crippen LogP contribution in [-0.4, -0.2) is 23.9 Å². The van der Waals surface area contributed by atoms with Crippen LogP contribution in [-0.2, 0) is 11.3 Å². The second-order valence-electron chi connectivity index (χ2n) is 3.34. The molecule has 0 amide bonds. The van der Waals surface area contributed by atoms with Gasteiger partial charge in [-0.2, -0.15) is 0 Å². The summed E-state index contributed by atoms with van der Waals surface area (Å²) in [7, 11) is 0. The normalized spacial score (nSPS) is 11.2. The Morgan fingerprint density at radius 3 is 2.58 bits per heavy atom. The average molecular weight is 279 g/mol. The number of carbonyl (C=O) groups excluding carboxylic acids is 1. The van der Waals surface area contributed by atoms with Crippen molar-refractivity contribution in [2.24, 2.45) is 5.73 Å². The van der Waals surface area contributed by atoms with Crippen LogP contribution in [0.4, 0.5) is 18.9 Å². The van der Waals surface area contributed by atoms with Gasteiger partial charge >= 0.3 is 12.3 Å². The van der Waals surface area contributed by atoms with Crippen LogP contribution in [0.25, 0.3) is 0 Å². The van der Waals surface area contributed by atoms with Gasteiger partial charge in [0.25, 0.3) is 0 Å². The molecule has 0 saturated heterocycles. The topological polar surface area (TPSA) is 100 Å². The summed E-state index contributed by atoms with van der Waals surface area (Å²) < 4.78 is 44.9. The van der Waals surface area contributed by atoms with Gasteiger partial charge in [-0.05, 0) is 6.92 Å². The smallest absolute Gasteiger partial charge is 0.461 e. The van der Waals surface area contributed by atoms with Gasteiger partial charge in [-0.1, -0.05) is 0 Å². The van der Waals surface area contributed by atoms with E-state index in [1.807, 2.05) is 0 Å². The minimum absolute atomic E-state index is 0.0539. The molecule has 0 unspecified atom stereocenters. The quantitative estimate of drug-likeness (QED) is 0.803. The van der Waals surface area contributed by atoms with Crippen LogP contribution in [0, 0.1) is 0 Å². The SMILES string of the molecule is CCOC(=O)c1cc(OC(F)(F)F)c(N)c(CN)n1. The first-order chi connectivity index (χ1) is 8.78. The molecule has 0 bridgehead atoms. The number of halogens is 3. The molecular formula is C10H12F3N3O3. The van der Waals surface area contributed by atoms with Gasteiger partial charge in [0.1, 0.15) is 0 Å². The van der Waals surface area contributed by atoms with E-state index in [4.69, 9.17) is 11.5 Å². The number of nitrogens with two attached hydrogens (primary N) is 2. The highest BCUT2D eigenvalue weighted by Gasteiger charge is 2.33. The molecule has 9 heteroatoms. The lowest BCUT2D eigenvalue weighted by molar-refractivity contribution is -0.274. The Morgan fingerprint density at radius 2 is 2.11 bits per heavy atom. The maximum atomic E-state index is 12.2. The number of ether oxygens (including phenoxy) is 2. The van der Waals surface area contributed by atoms with Crippen LogP contribution in [0.1, 0.15) is 23.1 Å². The first kappa shape index (κ1) is 15.0. The second-order valence-corrected chi connectivity index (χ2v) is 3.34. The molecule has 0 spiro atoms. The maximum Gasteiger partial charge on any atom is 0.573 e. The van der Waals surface area contributed by atoms with Crippen LogP contribution in [0.2, 0.25) is 0 Å². The molecule has 0 aliphatic carbocycles. The summed E-state index contributed by atoms with van der Waals surface area (Å²) in [6, 6.07) is 0.764. The van der Waals surface area contributed by atoms with Crippen LogP contribution in [0.3, 0.4) is 0 Å². The monoisotopic (exact) mass is 279 g/mol. The van der Waals surface area contributed by atoms with E-state index in [0.717, 1.165) is 6.07 Å². The van der Waals surface area contributed by atoms with E-state index in [9.17, 15) is 18.0 Å². The number of pyridine rings is 1. The molecule has 106 valence electrons. The van der Waals surface area contributed by atoms with Crippen LogP contribution < -0.4 is 16.2 Å². The maximum absolute atomic E-state index is 12.2. The number of alkyl halides is 3. The molecule has 1 heterocycles. The van der Waals surface area contributed by atoms with Crippen LogP contribution in [0.5, 0.6) is 5.75 Å². The number of nitrogens with zero attached hydrogens (tertiary/aromatic N) is 1. The molecule has 0 saturated carbocycles. The molecule has 0 aliphatic heterocycles. The Kier molecular flexibility index (Phi) is 4.54. The zero-order valence-corrected chi connectivity index (χ0v) is 9.95. The Morgan fingerprint density at radius 1 is 1.47 bits per heavy atom. The van der Waals surface area contributed by atoms with E-state index < -0.39 is 18.1 Å².